The Bertz CT molecular complexity index is 520. The predicted molar refractivity (Wildman–Crippen MR) is 93.2 cm³/mol. The van der Waals surface area contributed by atoms with Gasteiger partial charge in [-0.2, -0.15) is 0 Å². The Morgan fingerprint density at radius 1 is 1.33 bits per heavy atom. The van der Waals surface area contributed by atoms with Gasteiger partial charge in [0.25, 0.3) is 0 Å². The van der Waals surface area contributed by atoms with Crippen LogP contribution < -0.4 is 5.32 Å². The zero-order valence-electron chi connectivity index (χ0n) is 12.6. The van der Waals surface area contributed by atoms with E-state index in [-0.39, 0.29) is 5.75 Å². The molecule has 0 aliphatic rings. The van der Waals surface area contributed by atoms with E-state index in [4.69, 9.17) is 11.6 Å². The Balaban J connectivity index is 2.47. The monoisotopic (exact) mass is 349 g/mol. The van der Waals surface area contributed by atoms with Crippen LogP contribution in [-0.2, 0) is 9.84 Å². The van der Waals surface area contributed by atoms with Crippen molar-refractivity contribution in [2.45, 2.75) is 37.1 Å². The first-order valence-electron chi connectivity index (χ1n) is 7.21. The summed E-state index contributed by atoms with van der Waals surface area (Å²) in [5.74, 6) is 1.15. The van der Waals surface area contributed by atoms with Crippen LogP contribution in [0.15, 0.2) is 29.2 Å². The van der Waals surface area contributed by atoms with E-state index >= 15 is 0 Å². The first-order valence-corrected chi connectivity index (χ1v) is 10.6. The molecule has 1 atom stereocenters. The van der Waals surface area contributed by atoms with Crippen LogP contribution in [0, 0.1) is 0 Å². The number of thioether (sulfide) groups is 1. The molecule has 3 nitrogen and oxygen atoms in total. The van der Waals surface area contributed by atoms with Gasteiger partial charge in [0.15, 0.2) is 0 Å². The van der Waals surface area contributed by atoms with Crippen molar-refractivity contribution in [1.82, 2.24) is 5.32 Å². The summed E-state index contributed by atoms with van der Waals surface area (Å²) < 4.78 is 22.4. The van der Waals surface area contributed by atoms with E-state index in [1.54, 1.807) is 11.8 Å². The molecule has 0 radical (unpaired) electrons. The molecule has 1 aromatic carbocycles. The molecule has 120 valence electrons. The number of nitrogens with one attached hydrogen (secondary N) is 1. The van der Waals surface area contributed by atoms with Gasteiger partial charge in [0, 0.05) is 28.7 Å². The van der Waals surface area contributed by atoms with Crippen LogP contribution in [0.2, 0.25) is 5.02 Å². The third-order valence-electron chi connectivity index (χ3n) is 3.03. The molecule has 0 saturated carbocycles. The molecule has 1 aromatic rings. The number of sulfone groups is 1. The lowest BCUT2D eigenvalue weighted by Gasteiger charge is -2.18. The van der Waals surface area contributed by atoms with Crippen LogP contribution >= 0.6 is 23.4 Å². The van der Waals surface area contributed by atoms with Gasteiger partial charge in [-0.05, 0) is 37.9 Å². The Hall–Kier alpha value is -0.230. The van der Waals surface area contributed by atoms with Crippen molar-refractivity contribution in [3.63, 3.8) is 0 Å². The zero-order chi connectivity index (χ0) is 15.7. The fourth-order valence-electron chi connectivity index (χ4n) is 1.94. The van der Waals surface area contributed by atoms with Gasteiger partial charge in [0.05, 0.1) is 5.02 Å². The van der Waals surface area contributed by atoms with E-state index in [1.165, 1.54) is 6.26 Å². The average molecular weight is 350 g/mol. The SMILES string of the molecule is CCCNC(CCCS(C)(=O)=O)CSc1ccccc1Cl. The van der Waals surface area contributed by atoms with Crippen molar-refractivity contribution < 1.29 is 8.42 Å². The van der Waals surface area contributed by atoms with Crippen LogP contribution in [-0.4, -0.2) is 38.8 Å². The summed E-state index contributed by atoms with van der Waals surface area (Å²) in [4.78, 5) is 1.07. The number of rotatable bonds is 10. The molecule has 0 fully saturated rings. The summed E-state index contributed by atoms with van der Waals surface area (Å²) >= 11 is 7.88. The molecule has 0 spiro atoms. The quantitative estimate of drug-likeness (QED) is 0.655. The van der Waals surface area contributed by atoms with Crippen LogP contribution in [0.3, 0.4) is 0 Å². The maximum Gasteiger partial charge on any atom is 0.147 e. The van der Waals surface area contributed by atoms with Gasteiger partial charge in [0.1, 0.15) is 9.84 Å². The maximum atomic E-state index is 11.2. The fraction of sp³-hybridized carbons (Fsp3) is 0.600. The summed E-state index contributed by atoms with van der Waals surface area (Å²) in [5.41, 5.74) is 0. The smallest absolute Gasteiger partial charge is 0.147 e. The second kappa shape index (κ2) is 9.72. The molecule has 6 heteroatoms. The summed E-state index contributed by atoms with van der Waals surface area (Å²) in [7, 11) is -2.87. The van der Waals surface area contributed by atoms with E-state index in [9.17, 15) is 8.42 Å². The Labute approximate surface area is 137 Å². The number of hydrogen-bond donors (Lipinski definition) is 1. The fourth-order valence-corrected chi connectivity index (χ4v) is 3.97. The van der Waals surface area contributed by atoms with Crippen molar-refractivity contribution in [2.24, 2.45) is 0 Å². The molecule has 1 unspecified atom stereocenters. The van der Waals surface area contributed by atoms with Crippen LogP contribution in [0.5, 0.6) is 0 Å². The second-order valence-electron chi connectivity index (χ2n) is 5.16. The first-order chi connectivity index (χ1) is 9.92. The lowest BCUT2D eigenvalue weighted by atomic mass is 10.2. The van der Waals surface area contributed by atoms with Gasteiger partial charge in [-0.25, -0.2) is 8.42 Å². The molecule has 0 heterocycles. The van der Waals surface area contributed by atoms with Gasteiger partial charge in [-0.1, -0.05) is 30.7 Å². The van der Waals surface area contributed by atoms with Crippen molar-refractivity contribution in [3.8, 4) is 0 Å². The number of benzene rings is 1. The molecule has 0 amide bonds. The van der Waals surface area contributed by atoms with Crippen molar-refractivity contribution >= 4 is 33.2 Å². The molecule has 0 aliphatic heterocycles. The molecule has 0 saturated heterocycles. The van der Waals surface area contributed by atoms with E-state index in [2.05, 4.69) is 12.2 Å². The standard InChI is InChI=1S/C15H24ClNO2S2/c1-3-10-17-13(7-6-11-21(2,18)19)12-20-15-9-5-4-8-14(15)16/h4-5,8-9,13,17H,3,6-7,10-12H2,1-2H3. The van der Waals surface area contributed by atoms with E-state index in [0.29, 0.717) is 12.5 Å². The lowest BCUT2D eigenvalue weighted by molar-refractivity contribution is 0.512. The Kier molecular flexibility index (Phi) is 8.71. The zero-order valence-corrected chi connectivity index (χ0v) is 15.0. The summed E-state index contributed by atoms with van der Waals surface area (Å²) in [6.45, 7) is 3.08. The molecule has 1 N–H and O–H groups in total. The molecule has 0 bridgehead atoms. The Morgan fingerprint density at radius 2 is 2.05 bits per heavy atom. The lowest BCUT2D eigenvalue weighted by Crippen LogP contribution is -2.32. The van der Waals surface area contributed by atoms with Crippen LogP contribution in [0.1, 0.15) is 26.2 Å². The minimum Gasteiger partial charge on any atom is -0.313 e. The van der Waals surface area contributed by atoms with Crippen LogP contribution in [0.4, 0.5) is 0 Å². The second-order valence-corrected chi connectivity index (χ2v) is 8.89. The minimum absolute atomic E-state index is 0.258. The highest BCUT2D eigenvalue weighted by Crippen LogP contribution is 2.27. The summed E-state index contributed by atoms with van der Waals surface area (Å²) in [6, 6.07) is 8.12. The molecule has 0 aromatic heterocycles. The predicted octanol–water partition coefficient (Wildman–Crippen LogP) is 3.63. The molecule has 1 rings (SSSR count). The summed E-state index contributed by atoms with van der Waals surface area (Å²) in [6.07, 6.45) is 3.92. The summed E-state index contributed by atoms with van der Waals surface area (Å²) in [5, 5.41) is 4.26. The number of hydrogen-bond acceptors (Lipinski definition) is 4. The van der Waals surface area contributed by atoms with Gasteiger partial charge < -0.3 is 5.32 Å². The third-order valence-corrected chi connectivity index (χ3v) is 5.74. The van der Waals surface area contributed by atoms with Gasteiger partial charge in [-0.15, -0.1) is 11.8 Å². The highest BCUT2D eigenvalue weighted by atomic mass is 35.5. The topological polar surface area (TPSA) is 46.2 Å². The highest BCUT2D eigenvalue weighted by Gasteiger charge is 2.11. The first kappa shape index (κ1) is 18.8. The van der Waals surface area contributed by atoms with Crippen molar-refractivity contribution in [3.05, 3.63) is 29.3 Å². The molecule has 0 aliphatic carbocycles. The van der Waals surface area contributed by atoms with Gasteiger partial charge in [-0.3, -0.25) is 0 Å². The van der Waals surface area contributed by atoms with Crippen molar-refractivity contribution in [2.75, 3.05) is 24.3 Å². The molecular weight excluding hydrogens is 326 g/mol. The average Bonchev–Trinajstić information content (AvgIpc) is 2.41. The maximum absolute atomic E-state index is 11.2. The largest absolute Gasteiger partial charge is 0.313 e. The number of halogens is 1. The highest BCUT2D eigenvalue weighted by molar-refractivity contribution is 7.99. The van der Waals surface area contributed by atoms with E-state index in [0.717, 1.165) is 35.1 Å². The van der Waals surface area contributed by atoms with E-state index < -0.39 is 9.84 Å². The van der Waals surface area contributed by atoms with E-state index in [1.807, 2.05) is 24.3 Å². The van der Waals surface area contributed by atoms with Gasteiger partial charge >= 0.3 is 0 Å². The minimum atomic E-state index is -2.87. The Morgan fingerprint density at radius 3 is 2.67 bits per heavy atom. The van der Waals surface area contributed by atoms with Crippen molar-refractivity contribution in [1.29, 1.82) is 0 Å². The molecular formula is C15H24ClNO2S2. The van der Waals surface area contributed by atoms with Crippen LogP contribution in [0.25, 0.3) is 0 Å². The normalized spacial score (nSPS) is 13.3. The van der Waals surface area contributed by atoms with Gasteiger partial charge in [0.2, 0.25) is 0 Å². The third kappa shape index (κ3) is 8.71. The molecule has 21 heavy (non-hydrogen) atoms.